The third kappa shape index (κ3) is 3.74. The number of nitrogens with one attached hydrogen (secondary N) is 2. The Kier molecular flexibility index (Phi) is 4.84. The first-order chi connectivity index (χ1) is 9.96. The number of rotatable bonds is 5. The number of aromatic nitrogens is 1. The van der Waals surface area contributed by atoms with Gasteiger partial charge in [-0.3, -0.25) is 4.72 Å². The van der Waals surface area contributed by atoms with E-state index in [1.807, 2.05) is 19.1 Å². The second kappa shape index (κ2) is 6.44. The van der Waals surface area contributed by atoms with E-state index in [-0.39, 0.29) is 4.90 Å². The molecule has 112 valence electrons. The Hall–Kier alpha value is -1.60. The summed E-state index contributed by atoms with van der Waals surface area (Å²) in [5.74, 6) is 0.504. The van der Waals surface area contributed by atoms with Crippen molar-refractivity contribution in [2.75, 3.05) is 17.1 Å². The summed E-state index contributed by atoms with van der Waals surface area (Å²) >= 11 is 3.39. The fourth-order valence-corrected chi connectivity index (χ4v) is 3.39. The van der Waals surface area contributed by atoms with Gasteiger partial charge in [-0.15, -0.1) is 0 Å². The molecule has 2 N–H and O–H groups in total. The number of pyridine rings is 1. The van der Waals surface area contributed by atoms with E-state index in [9.17, 15) is 8.42 Å². The van der Waals surface area contributed by atoms with Crippen molar-refractivity contribution < 1.29 is 8.42 Å². The second-order valence-corrected chi connectivity index (χ2v) is 6.99. The molecule has 1 aromatic heterocycles. The maximum atomic E-state index is 12.4. The average molecular weight is 370 g/mol. The topological polar surface area (TPSA) is 71.1 Å². The summed E-state index contributed by atoms with van der Waals surface area (Å²) in [7, 11) is -1.95. The molecular formula is C14H16BrN3O2S. The average Bonchev–Trinajstić information content (AvgIpc) is 2.49. The van der Waals surface area contributed by atoms with E-state index in [0.717, 1.165) is 16.5 Å². The lowest BCUT2D eigenvalue weighted by Crippen LogP contribution is -2.14. The zero-order valence-electron chi connectivity index (χ0n) is 11.7. The molecule has 1 aromatic carbocycles. The molecule has 0 saturated heterocycles. The Morgan fingerprint density at radius 1 is 1.24 bits per heavy atom. The molecule has 0 aliphatic rings. The molecule has 0 saturated carbocycles. The molecule has 0 aliphatic carbocycles. The Balaban J connectivity index is 2.37. The number of hydrogen-bond acceptors (Lipinski definition) is 4. The van der Waals surface area contributed by atoms with E-state index >= 15 is 0 Å². The van der Waals surface area contributed by atoms with Gasteiger partial charge in [0.1, 0.15) is 5.82 Å². The first kappa shape index (κ1) is 15.8. The Morgan fingerprint density at radius 2 is 2.00 bits per heavy atom. The van der Waals surface area contributed by atoms with Gasteiger partial charge in [0.05, 0.1) is 10.6 Å². The van der Waals surface area contributed by atoms with Gasteiger partial charge in [-0.25, -0.2) is 13.4 Å². The van der Waals surface area contributed by atoms with Crippen molar-refractivity contribution in [3.8, 4) is 0 Å². The van der Waals surface area contributed by atoms with Crippen LogP contribution in [-0.4, -0.2) is 20.4 Å². The molecule has 2 rings (SSSR count). The van der Waals surface area contributed by atoms with E-state index < -0.39 is 10.0 Å². The molecule has 0 atom stereocenters. The zero-order chi connectivity index (χ0) is 15.5. The van der Waals surface area contributed by atoms with Crippen LogP contribution < -0.4 is 10.0 Å². The SMILES string of the molecule is CCc1cc(Br)ccc1NS(=O)(=O)c1ccnc(NC)c1. The molecule has 0 aliphatic heterocycles. The van der Waals surface area contributed by atoms with E-state index in [2.05, 4.69) is 31.0 Å². The summed E-state index contributed by atoms with van der Waals surface area (Å²) in [4.78, 5) is 4.19. The van der Waals surface area contributed by atoms with Crippen LogP contribution in [0.15, 0.2) is 45.9 Å². The highest BCUT2D eigenvalue weighted by Crippen LogP contribution is 2.24. The van der Waals surface area contributed by atoms with Crippen molar-refractivity contribution in [2.45, 2.75) is 18.2 Å². The predicted octanol–water partition coefficient (Wildman–Crippen LogP) is 3.25. The summed E-state index contributed by atoms with van der Waals surface area (Å²) < 4.78 is 28.4. The molecule has 1 heterocycles. The third-order valence-electron chi connectivity index (χ3n) is 2.99. The summed E-state index contributed by atoms with van der Waals surface area (Å²) in [6.45, 7) is 1.98. The van der Waals surface area contributed by atoms with Crippen LogP contribution in [0.5, 0.6) is 0 Å². The molecule has 7 heteroatoms. The number of benzene rings is 1. The number of aryl methyl sites for hydroxylation is 1. The van der Waals surface area contributed by atoms with Gasteiger partial charge in [-0.2, -0.15) is 0 Å². The number of halogens is 1. The van der Waals surface area contributed by atoms with Gasteiger partial charge in [-0.05, 0) is 36.2 Å². The lowest BCUT2D eigenvalue weighted by Gasteiger charge is -2.12. The number of anilines is 2. The Bertz CT molecular complexity index is 748. The van der Waals surface area contributed by atoms with Crippen molar-refractivity contribution in [2.24, 2.45) is 0 Å². The number of hydrogen-bond donors (Lipinski definition) is 2. The molecule has 21 heavy (non-hydrogen) atoms. The molecule has 0 unspecified atom stereocenters. The van der Waals surface area contributed by atoms with E-state index in [0.29, 0.717) is 11.5 Å². The van der Waals surface area contributed by atoms with Crippen LogP contribution in [0.3, 0.4) is 0 Å². The van der Waals surface area contributed by atoms with Gasteiger partial charge in [-0.1, -0.05) is 22.9 Å². The van der Waals surface area contributed by atoms with E-state index in [1.54, 1.807) is 13.1 Å². The summed E-state index contributed by atoms with van der Waals surface area (Å²) in [5.41, 5.74) is 1.51. The van der Waals surface area contributed by atoms with E-state index in [1.165, 1.54) is 18.3 Å². The lowest BCUT2D eigenvalue weighted by molar-refractivity contribution is 0.601. The van der Waals surface area contributed by atoms with Crippen molar-refractivity contribution >= 4 is 37.5 Å². The predicted molar refractivity (Wildman–Crippen MR) is 88.1 cm³/mol. The van der Waals surface area contributed by atoms with Crippen LogP contribution in [0, 0.1) is 0 Å². The van der Waals surface area contributed by atoms with Gasteiger partial charge in [0.25, 0.3) is 10.0 Å². The fraction of sp³-hybridized carbons (Fsp3) is 0.214. The fourth-order valence-electron chi connectivity index (χ4n) is 1.87. The summed E-state index contributed by atoms with van der Waals surface area (Å²) in [5, 5.41) is 2.82. The van der Waals surface area contributed by atoms with Crippen LogP contribution in [0.25, 0.3) is 0 Å². The molecule has 5 nitrogen and oxygen atoms in total. The number of nitrogens with zero attached hydrogens (tertiary/aromatic N) is 1. The summed E-state index contributed by atoms with van der Waals surface area (Å²) in [6.07, 6.45) is 2.19. The smallest absolute Gasteiger partial charge is 0.262 e. The third-order valence-corrected chi connectivity index (χ3v) is 4.85. The van der Waals surface area contributed by atoms with Crippen molar-refractivity contribution in [3.05, 3.63) is 46.6 Å². The first-order valence-electron chi connectivity index (χ1n) is 6.41. The van der Waals surface area contributed by atoms with E-state index in [4.69, 9.17) is 0 Å². The van der Waals surface area contributed by atoms with Crippen LogP contribution in [0.2, 0.25) is 0 Å². The maximum Gasteiger partial charge on any atom is 0.262 e. The molecule has 0 bridgehead atoms. The highest BCUT2D eigenvalue weighted by atomic mass is 79.9. The van der Waals surface area contributed by atoms with Crippen molar-refractivity contribution in [1.82, 2.24) is 4.98 Å². The molecule has 2 aromatic rings. The molecule has 0 spiro atoms. The highest BCUT2D eigenvalue weighted by molar-refractivity contribution is 9.10. The minimum absolute atomic E-state index is 0.173. The minimum Gasteiger partial charge on any atom is -0.373 e. The van der Waals surface area contributed by atoms with Crippen LogP contribution in [0.1, 0.15) is 12.5 Å². The quantitative estimate of drug-likeness (QED) is 0.848. The van der Waals surface area contributed by atoms with Crippen LogP contribution >= 0.6 is 15.9 Å². The van der Waals surface area contributed by atoms with Gasteiger partial charge in [0.2, 0.25) is 0 Å². The number of sulfonamides is 1. The van der Waals surface area contributed by atoms with Gasteiger partial charge >= 0.3 is 0 Å². The Morgan fingerprint density at radius 3 is 2.67 bits per heavy atom. The molecule has 0 radical (unpaired) electrons. The molecule has 0 fully saturated rings. The second-order valence-electron chi connectivity index (χ2n) is 4.39. The monoisotopic (exact) mass is 369 g/mol. The van der Waals surface area contributed by atoms with Gasteiger partial charge in [0.15, 0.2) is 0 Å². The van der Waals surface area contributed by atoms with Crippen molar-refractivity contribution in [3.63, 3.8) is 0 Å². The molecular weight excluding hydrogens is 354 g/mol. The lowest BCUT2D eigenvalue weighted by atomic mass is 10.1. The standard InChI is InChI=1S/C14H16BrN3O2S/c1-3-10-8-11(15)4-5-13(10)18-21(19,20)12-6-7-17-14(9-12)16-2/h4-9,18H,3H2,1-2H3,(H,16,17). The van der Waals surface area contributed by atoms with Gasteiger partial charge in [0, 0.05) is 23.8 Å². The summed E-state index contributed by atoms with van der Waals surface area (Å²) in [6, 6.07) is 8.42. The highest BCUT2D eigenvalue weighted by Gasteiger charge is 2.16. The maximum absolute atomic E-state index is 12.4. The zero-order valence-corrected chi connectivity index (χ0v) is 14.1. The van der Waals surface area contributed by atoms with Crippen LogP contribution in [-0.2, 0) is 16.4 Å². The largest absolute Gasteiger partial charge is 0.373 e. The molecule has 0 amide bonds. The van der Waals surface area contributed by atoms with Gasteiger partial charge < -0.3 is 5.32 Å². The Labute approximate surface area is 133 Å². The van der Waals surface area contributed by atoms with Crippen molar-refractivity contribution in [1.29, 1.82) is 0 Å². The van der Waals surface area contributed by atoms with Crippen LogP contribution in [0.4, 0.5) is 11.5 Å². The minimum atomic E-state index is -3.64. The first-order valence-corrected chi connectivity index (χ1v) is 8.69. The normalized spacial score (nSPS) is 11.2.